The van der Waals surface area contributed by atoms with E-state index in [9.17, 15) is 4.79 Å². The van der Waals surface area contributed by atoms with E-state index in [1.165, 1.54) is 0 Å². The number of carbonyl (C=O) groups is 1. The molecule has 3 rings (SSSR count). The molecule has 0 saturated heterocycles. The maximum Gasteiger partial charge on any atom is 0.341 e. The molecule has 0 radical (unpaired) electrons. The second kappa shape index (κ2) is 9.14. The van der Waals surface area contributed by atoms with Gasteiger partial charge in [-0.3, -0.25) is 4.68 Å². The number of carboxylic acid groups (broad SMARTS) is 1. The van der Waals surface area contributed by atoms with Crippen LogP contribution in [0, 0.1) is 5.92 Å². The Labute approximate surface area is 175 Å². The smallest absolute Gasteiger partial charge is 0.341 e. The third-order valence-corrected chi connectivity index (χ3v) is 4.79. The van der Waals surface area contributed by atoms with Gasteiger partial charge >= 0.3 is 5.97 Å². The van der Waals surface area contributed by atoms with Gasteiger partial charge in [-0.1, -0.05) is 50.6 Å². The SMILES string of the molecule is CCc1ccc(OCC(=O)O)c(-c2cc(-c3ccc(Cl)cc3)n(CC(C)C)n2)c1. The van der Waals surface area contributed by atoms with Crippen LogP contribution in [0.2, 0.25) is 5.02 Å². The molecule has 0 unspecified atom stereocenters. The van der Waals surface area contributed by atoms with Crippen LogP contribution in [0.4, 0.5) is 0 Å². The van der Waals surface area contributed by atoms with Gasteiger partial charge in [0.25, 0.3) is 0 Å². The number of aliphatic carboxylic acids is 1. The molecule has 0 aliphatic heterocycles. The van der Waals surface area contributed by atoms with Gasteiger partial charge in [-0.25, -0.2) is 4.79 Å². The molecule has 5 nitrogen and oxygen atoms in total. The van der Waals surface area contributed by atoms with Crippen molar-refractivity contribution < 1.29 is 14.6 Å². The molecule has 29 heavy (non-hydrogen) atoms. The highest BCUT2D eigenvalue weighted by Crippen LogP contribution is 2.34. The van der Waals surface area contributed by atoms with Gasteiger partial charge in [-0.05, 0) is 53.8 Å². The number of halogens is 1. The fourth-order valence-corrected chi connectivity index (χ4v) is 3.28. The first-order chi connectivity index (χ1) is 13.9. The molecule has 1 heterocycles. The van der Waals surface area contributed by atoms with Crippen molar-refractivity contribution in [2.24, 2.45) is 5.92 Å². The van der Waals surface area contributed by atoms with Crippen LogP contribution in [0.1, 0.15) is 26.3 Å². The van der Waals surface area contributed by atoms with Crippen molar-refractivity contribution in [3.63, 3.8) is 0 Å². The fourth-order valence-electron chi connectivity index (χ4n) is 3.15. The van der Waals surface area contributed by atoms with Crippen molar-refractivity contribution in [1.29, 1.82) is 0 Å². The number of aromatic nitrogens is 2. The van der Waals surface area contributed by atoms with Gasteiger partial charge in [-0.15, -0.1) is 0 Å². The molecule has 0 saturated carbocycles. The topological polar surface area (TPSA) is 64.3 Å². The van der Waals surface area contributed by atoms with Crippen LogP contribution in [0.25, 0.3) is 22.5 Å². The van der Waals surface area contributed by atoms with Gasteiger partial charge in [-0.2, -0.15) is 5.10 Å². The molecule has 0 bridgehead atoms. The minimum absolute atomic E-state index is 0.394. The molecule has 0 aliphatic carbocycles. The third kappa shape index (κ3) is 5.18. The molecule has 2 aromatic carbocycles. The summed E-state index contributed by atoms with van der Waals surface area (Å²) in [7, 11) is 0. The predicted octanol–water partition coefficient (Wildman–Crippen LogP) is 5.55. The normalized spacial score (nSPS) is 11.1. The lowest BCUT2D eigenvalue weighted by molar-refractivity contribution is -0.139. The summed E-state index contributed by atoms with van der Waals surface area (Å²) in [4.78, 5) is 11.0. The van der Waals surface area contributed by atoms with Crippen molar-refractivity contribution >= 4 is 17.6 Å². The Bertz CT molecular complexity index is 994. The largest absolute Gasteiger partial charge is 0.481 e. The number of hydrogen-bond acceptors (Lipinski definition) is 3. The van der Waals surface area contributed by atoms with Crippen LogP contribution in [0.3, 0.4) is 0 Å². The van der Waals surface area contributed by atoms with Crippen LogP contribution >= 0.6 is 11.6 Å². The summed E-state index contributed by atoms with van der Waals surface area (Å²) in [6, 6.07) is 15.5. The van der Waals surface area contributed by atoms with Gasteiger partial charge in [0.1, 0.15) is 5.75 Å². The van der Waals surface area contributed by atoms with E-state index in [1.54, 1.807) is 0 Å². The first-order valence-corrected chi connectivity index (χ1v) is 10.1. The Kier molecular flexibility index (Phi) is 6.60. The zero-order valence-electron chi connectivity index (χ0n) is 16.9. The Morgan fingerprint density at radius 3 is 2.52 bits per heavy atom. The van der Waals surface area contributed by atoms with E-state index in [-0.39, 0.29) is 0 Å². The highest BCUT2D eigenvalue weighted by molar-refractivity contribution is 6.30. The van der Waals surface area contributed by atoms with Gasteiger partial charge in [0.2, 0.25) is 0 Å². The van der Waals surface area contributed by atoms with Crippen molar-refractivity contribution in [1.82, 2.24) is 9.78 Å². The van der Waals surface area contributed by atoms with Gasteiger partial charge in [0.15, 0.2) is 6.61 Å². The van der Waals surface area contributed by atoms with E-state index in [0.717, 1.165) is 41.0 Å². The minimum atomic E-state index is -1.01. The summed E-state index contributed by atoms with van der Waals surface area (Å²) in [5.41, 5.74) is 4.69. The van der Waals surface area contributed by atoms with Gasteiger partial charge in [0.05, 0.1) is 11.4 Å². The predicted molar refractivity (Wildman–Crippen MR) is 115 cm³/mol. The maximum atomic E-state index is 11.0. The first kappa shape index (κ1) is 20.9. The molecule has 1 aromatic heterocycles. The molecular formula is C23H25ClN2O3. The molecular weight excluding hydrogens is 388 g/mol. The summed E-state index contributed by atoms with van der Waals surface area (Å²) in [5, 5.41) is 14.5. The van der Waals surface area contributed by atoms with E-state index in [2.05, 4.69) is 20.8 Å². The second-order valence-corrected chi connectivity index (χ2v) is 7.80. The van der Waals surface area contributed by atoms with E-state index in [4.69, 9.17) is 26.5 Å². The van der Waals surface area contributed by atoms with Gasteiger partial charge in [0, 0.05) is 17.1 Å². The number of aryl methyl sites for hydroxylation is 1. The maximum absolute atomic E-state index is 11.0. The van der Waals surface area contributed by atoms with Crippen LogP contribution in [0.5, 0.6) is 5.75 Å². The summed E-state index contributed by atoms with van der Waals surface area (Å²) in [6.07, 6.45) is 0.864. The second-order valence-electron chi connectivity index (χ2n) is 7.36. The third-order valence-electron chi connectivity index (χ3n) is 4.54. The lowest BCUT2D eigenvalue weighted by atomic mass is 10.0. The summed E-state index contributed by atoms with van der Waals surface area (Å²) in [5.74, 6) is -0.0809. The van der Waals surface area contributed by atoms with Crippen molar-refractivity contribution in [2.45, 2.75) is 33.7 Å². The lowest BCUT2D eigenvalue weighted by Crippen LogP contribution is -2.10. The summed E-state index contributed by atoms with van der Waals surface area (Å²) >= 11 is 6.05. The molecule has 3 aromatic rings. The van der Waals surface area contributed by atoms with Crippen molar-refractivity contribution in [2.75, 3.05) is 6.61 Å². The average molecular weight is 413 g/mol. The molecule has 6 heteroatoms. The number of nitrogens with zero attached hydrogens (tertiary/aromatic N) is 2. The molecule has 0 fully saturated rings. The van der Waals surface area contributed by atoms with Crippen LogP contribution in [-0.2, 0) is 17.8 Å². The molecule has 0 spiro atoms. The standard InChI is InChI=1S/C23H25ClN2O3/c1-4-16-5-10-22(29-14-23(27)28)19(11-16)20-12-21(26(25-20)13-15(2)3)17-6-8-18(24)9-7-17/h5-12,15H,4,13-14H2,1-3H3,(H,27,28). The number of hydrogen-bond donors (Lipinski definition) is 1. The monoisotopic (exact) mass is 412 g/mol. The zero-order chi connectivity index (χ0) is 21.0. The number of rotatable bonds is 8. The molecule has 1 N–H and O–H groups in total. The van der Waals surface area contributed by atoms with Crippen LogP contribution in [0.15, 0.2) is 48.5 Å². The quantitative estimate of drug-likeness (QED) is 0.526. The van der Waals surface area contributed by atoms with Gasteiger partial charge < -0.3 is 9.84 Å². The average Bonchev–Trinajstić information content (AvgIpc) is 3.09. The molecule has 0 aliphatic rings. The Morgan fingerprint density at radius 1 is 1.17 bits per heavy atom. The number of carboxylic acids is 1. The Hall–Kier alpha value is -2.79. The number of benzene rings is 2. The molecule has 0 amide bonds. The Morgan fingerprint density at radius 2 is 1.90 bits per heavy atom. The van der Waals surface area contributed by atoms with Crippen LogP contribution in [-0.4, -0.2) is 27.5 Å². The highest BCUT2D eigenvalue weighted by atomic mass is 35.5. The zero-order valence-corrected chi connectivity index (χ0v) is 17.6. The van der Waals surface area contributed by atoms with E-state index in [0.29, 0.717) is 16.7 Å². The summed E-state index contributed by atoms with van der Waals surface area (Å²) < 4.78 is 7.53. The van der Waals surface area contributed by atoms with E-state index < -0.39 is 12.6 Å². The molecule has 152 valence electrons. The fraction of sp³-hybridized carbons (Fsp3) is 0.304. The van der Waals surface area contributed by atoms with Crippen LogP contribution < -0.4 is 4.74 Å². The number of ether oxygens (including phenoxy) is 1. The van der Waals surface area contributed by atoms with E-state index >= 15 is 0 Å². The molecule has 0 atom stereocenters. The Balaban J connectivity index is 2.10. The lowest BCUT2D eigenvalue weighted by Gasteiger charge is -2.11. The highest BCUT2D eigenvalue weighted by Gasteiger charge is 2.17. The first-order valence-electron chi connectivity index (χ1n) is 9.69. The van der Waals surface area contributed by atoms with Crippen molar-refractivity contribution in [3.8, 4) is 28.3 Å². The van der Waals surface area contributed by atoms with Crippen molar-refractivity contribution in [3.05, 3.63) is 59.1 Å². The summed E-state index contributed by atoms with van der Waals surface area (Å²) in [6.45, 7) is 6.73. The van der Waals surface area contributed by atoms with E-state index in [1.807, 2.05) is 53.2 Å². The minimum Gasteiger partial charge on any atom is -0.481 e.